The molecule has 0 atom stereocenters. The number of H-pyrrole nitrogens is 1. The fourth-order valence-electron chi connectivity index (χ4n) is 0.688. The van der Waals surface area contributed by atoms with E-state index in [2.05, 4.69) is 20.5 Å². The zero-order chi connectivity index (χ0) is 8.81. The molecule has 0 saturated heterocycles. The molecule has 0 radical (unpaired) electrons. The largest absolute Gasteiger partial charge is 0.295 e. The number of aromatic nitrogens is 3. The van der Waals surface area contributed by atoms with Crippen molar-refractivity contribution in [1.29, 1.82) is 0 Å². The molecule has 1 amide bonds. The quantitative estimate of drug-likeness (QED) is 0.686. The predicted molar refractivity (Wildman–Crippen MR) is 45.0 cm³/mol. The van der Waals surface area contributed by atoms with Gasteiger partial charge in [0.25, 0.3) is 0 Å². The summed E-state index contributed by atoms with van der Waals surface area (Å²) in [7, 11) is 0. The van der Waals surface area contributed by atoms with Crippen molar-refractivity contribution in [3.8, 4) is 0 Å². The molecule has 0 spiro atoms. The van der Waals surface area contributed by atoms with Crippen molar-refractivity contribution in [3.05, 3.63) is 6.33 Å². The van der Waals surface area contributed by atoms with E-state index in [4.69, 9.17) is 11.6 Å². The second-order valence-electron chi connectivity index (χ2n) is 2.17. The topological polar surface area (TPSA) is 70.7 Å². The summed E-state index contributed by atoms with van der Waals surface area (Å²) in [5, 5.41) is 8.63. The average Bonchev–Trinajstić information content (AvgIpc) is 2.53. The monoisotopic (exact) mass is 188 g/mol. The predicted octanol–water partition coefficient (Wildman–Crippen LogP) is 0.762. The zero-order valence-electron chi connectivity index (χ0n) is 6.38. The Kier molecular flexibility index (Phi) is 3.53. The minimum Gasteiger partial charge on any atom is -0.295 e. The molecule has 2 N–H and O–H groups in total. The average molecular weight is 189 g/mol. The summed E-state index contributed by atoms with van der Waals surface area (Å²) in [5.74, 6) is 0.756. The van der Waals surface area contributed by atoms with Crippen LogP contribution in [-0.2, 0) is 4.79 Å². The number of alkyl halides is 1. The molecule has 66 valence electrons. The Bertz CT molecular complexity index is 236. The van der Waals surface area contributed by atoms with Crippen molar-refractivity contribution >= 4 is 23.5 Å². The van der Waals surface area contributed by atoms with Crippen molar-refractivity contribution in [3.63, 3.8) is 0 Å². The summed E-state index contributed by atoms with van der Waals surface area (Å²) in [6, 6.07) is 0. The van der Waals surface area contributed by atoms with E-state index in [-0.39, 0.29) is 5.91 Å². The second kappa shape index (κ2) is 4.71. The molecular weight excluding hydrogens is 180 g/mol. The van der Waals surface area contributed by atoms with Gasteiger partial charge in [0.05, 0.1) is 0 Å². The molecule has 5 nitrogen and oxygen atoms in total. The summed E-state index contributed by atoms with van der Waals surface area (Å²) in [4.78, 5) is 14.7. The maximum absolute atomic E-state index is 11.0. The van der Waals surface area contributed by atoms with Crippen LogP contribution in [0.2, 0.25) is 0 Å². The Morgan fingerprint density at radius 1 is 1.75 bits per heavy atom. The molecule has 1 aromatic rings. The molecule has 0 aliphatic carbocycles. The van der Waals surface area contributed by atoms with Crippen LogP contribution >= 0.6 is 11.6 Å². The van der Waals surface area contributed by atoms with Gasteiger partial charge in [-0.2, -0.15) is 10.1 Å². The Morgan fingerprint density at radius 2 is 2.58 bits per heavy atom. The van der Waals surface area contributed by atoms with Gasteiger partial charge >= 0.3 is 0 Å². The number of nitrogens with one attached hydrogen (secondary N) is 2. The van der Waals surface area contributed by atoms with Crippen molar-refractivity contribution in [2.75, 3.05) is 11.2 Å². The van der Waals surface area contributed by atoms with Crippen LogP contribution in [0.3, 0.4) is 0 Å². The number of aromatic amines is 1. The lowest BCUT2D eigenvalue weighted by molar-refractivity contribution is -0.116. The van der Waals surface area contributed by atoms with Gasteiger partial charge in [0, 0.05) is 12.3 Å². The molecule has 6 heteroatoms. The second-order valence-corrected chi connectivity index (χ2v) is 2.55. The van der Waals surface area contributed by atoms with E-state index in [9.17, 15) is 4.79 Å². The third-order valence-electron chi connectivity index (χ3n) is 1.21. The van der Waals surface area contributed by atoms with Crippen molar-refractivity contribution < 1.29 is 4.79 Å². The molecule has 0 bridgehead atoms. The highest BCUT2D eigenvalue weighted by molar-refractivity contribution is 6.18. The lowest BCUT2D eigenvalue weighted by atomic mass is 10.3. The fraction of sp³-hybridized carbons (Fsp3) is 0.500. The van der Waals surface area contributed by atoms with E-state index in [1.54, 1.807) is 0 Å². The van der Waals surface area contributed by atoms with Crippen LogP contribution in [-0.4, -0.2) is 27.0 Å². The number of halogens is 1. The van der Waals surface area contributed by atoms with Crippen molar-refractivity contribution in [1.82, 2.24) is 15.2 Å². The number of hydrogen-bond acceptors (Lipinski definition) is 3. The number of amides is 1. The van der Waals surface area contributed by atoms with Crippen LogP contribution in [0.1, 0.15) is 12.8 Å². The fourth-order valence-corrected chi connectivity index (χ4v) is 0.821. The lowest BCUT2D eigenvalue weighted by Crippen LogP contribution is -2.12. The number of anilines is 1. The molecular formula is C6H9ClN4O. The van der Waals surface area contributed by atoms with Crippen LogP contribution in [0.25, 0.3) is 0 Å². The number of hydrogen-bond donors (Lipinski definition) is 2. The lowest BCUT2D eigenvalue weighted by Gasteiger charge is -1.98. The SMILES string of the molecule is O=C(CCCCl)Nc1ncn[nH]1. The van der Waals surface area contributed by atoms with Crippen LogP contribution < -0.4 is 5.32 Å². The first kappa shape index (κ1) is 8.99. The van der Waals surface area contributed by atoms with Crippen molar-refractivity contribution in [2.45, 2.75) is 12.8 Å². The van der Waals surface area contributed by atoms with Crippen molar-refractivity contribution in [2.24, 2.45) is 0 Å². The maximum Gasteiger partial charge on any atom is 0.226 e. The smallest absolute Gasteiger partial charge is 0.226 e. The number of nitrogens with zero attached hydrogens (tertiary/aromatic N) is 2. The Hall–Kier alpha value is -1.10. The number of carbonyl (C=O) groups excluding carboxylic acids is 1. The first-order chi connectivity index (χ1) is 5.83. The molecule has 1 rings (SSSR count). The van der Waals surface area contributed by atoms with E-state index in [0.717, 1.165) is 0 Å². The Labute approximate surface area is 74.5 Å². The minimum absolute atomic E-state index is 0.104. The summed E-state index contributed by atoms with van der Waals surface area (Å²) in [5.41, 5.74) is 0. The molecule has 12 heavy (non-hydrogen) atoms. The molecule has 0 aliphatic rings. The van der Waals surface area contributed by atoms with E-state index in [1.165, 1.54) is 6.33 Å². The normalized spacial score (nSPS) is 9.75. The third-order valence-corrected chi connectivity index (χ3v) is 1.48. The van der Waals surface area contributed by atoms with Gasteiger partial charge in [0.1, 0.15) is 6.33 Å². The third kappa shape index (κ3) is 2.87. The molecule has 0 fully saturated rings. The van der Waals surface area contributed by atoms with E-state index >= 15 is 0 Å². The van der Waals surface area contributed by atoms with Crippen LogP contribution in [0.5, 0.6) is 0 Å². The van der Waals surface area contributed by atoms with Gasteiger partial charge in [-0.1, -0.05) is 0 Å². The van der Waals surface area contributed by atoms with Gasteiger partial charge in [0.2, 0.25) is 11.9 Å². The van der Waals surface area contributed by atoms with Crippen LogP contribution in [0, 0.1) is 0 Å². The van der Waals surface area contributed by atoms with Gasteiger partial charge in [-0.05, 0) is 6.42 Å². The minimum atomic E-state index is -0.104. The van der Waals surface area contributed by atoms with E-state index in [0.29, 0.717) is 24.7 Å². The Balaban J connectivity index is 2.27. The van der Waals surface area contributed by atoms with Gasteiger partial charge < -0.3 is 0 Å². The molecule has 0 saturated carbocycles. The highest BCUT2D eigenvalue weighted by atomic mass is 35.5. The summed E-state index contributed by atoms with van der Waals surface area (Å²) in [6.07, 6.45) is 2.41. The molecule has 0 aromatic carbocycles. The molecule has 0 aliphatic heterocycles. The summed E-state index contributed by atoms with van der Waals surface area (Å²) >= 11 is 5.41. The van der Waals surface area contributed by atoms with Gasteiger partial charge in [-0.15, -0.1) is 11.6 Å². The molecule has 1 aromatic heterocycles. The first-order valence-corrected chi connectivity index (χ1v) is 4.07. The highest BCUT2D eigenvalue weighted by Gasteiger charge is 2.02. The van der Waals surface area contributed by atoms with Gasteiger partial charge in [-0.25, -0.2) is 5.10 Å². The molecule has 1 heterocycles. The Morgan fingerprint density at radius 3 is 3.17 bits per heavy atom. The van der Waals surface area contributed by atoms with Crippen LogP contribution in [0.15, 0.2) is 6.33 Å². The first-order valence-electron chi connectivity index (χ1n) is 3.54. The van der Waals surface area contributed by atoms with E-state index in [1.807, 2.05) is 0 Å². The number of rotatable bonds is 4. The summed E-state index contributed by atoms with van der Waals surface area (Å²) in [6.45, 7) is 0. The van der Waals surface area contributed by atoms with Gasteiger partial charge in [0.15, 0.2) is 0 Å². The zero-order valence-corrected chi connectivity index (χ0v) is 7.14. The summed E-state index contributed by atoms with van der Waals surface area (Å²) < 4.78 is 0. The van der Waals surface area contributed by atoms with Gasteiger partial charge in [-0.3, -0.25) is 10.1 Å². The number of carbonyl (C=O) groups is 1. The standard InChI is InChI=1S/C6H9ClN4O/c7-3-1-2-5(12)10-6-8-4-9-11-6/h4H,1-3H2,(H2,8,9,10,11,12). The molecule has 0 unspecified atom stereocenters. The maximum atomic E-state index is 11.0. The van der Waals surface area contributed by atoms with Crippen LogP contribution in [0.4, 0.5) is 5.95 Å². The van der Waals surface area contributed by atoms with E-state index < -0.39 is 0 Å². The highest BCUT2D eigenvalue weighted by Crippen LogP contribution is 1.97.